The molecule has 0 heterocycles. The molecule has 2 amide bonds. The van der Waals surface area contributed by atoms with Crippen molar-refractivity contribution in [2.45, 2.75) is 45.7 Å². The highest BCUT2D eigenvalue weighted by molar-refractivity contribution is 9.10. The summed E-state index contributed by atoms with van der Waals surface area (Å²) >= 11 is 16.1. The highest BCUT2D eigenvalue weighted by Gasteiger charge is 2.32. The second-order valence-corrected chi connectivity index (χ2v) is 11.7. The Bertz CT molecular complexity index is 1130. The fourth-order valence-corrected chi connectivity index (χ4v) is 5.27. The Morgan fingerprint density at radius 2 is 1.71 bits per heavy atom. The first-order valence-electron chi connectivity index (χ1n) is 11.2. The van der Waals surface area contributed by atoms with Crippen molar-refractivity contribution in [3.05, 3.63) is 62.5 Å². The number of unbranched alkanes of at least 4 members (excludes halogenated alkanes) is 1. The van der Waals surface area contributed by atoms with E-state index in [1.807, 2.05) is 6.92 Å². The molecule has 0 radical (unpaired) electrons. The lowest BCUT2D eigenvalue weighted by molar-refractivity contribution is -0.140. The average molecular weight is 607 g/mol. The van der Waals surface area contributed by atoms with E-state index in [9.17, 15) is 18.0 Å². The number of benzene rings is 2. The molecule has 2 aromatic carbocycles. The van der Waals surface area contributed by atoms with Gasteiger partial charge in [0.2, 0.25) is 21.8 Å². The molecule has 0 saturated carbocycles. The van der Waals surface area contributed by atoms with Gasteiger partial charge in [0, 0.05) is 33.2 Å². The minimum atomic E-state index is -3.81. The number of carbonyl (C=O) groups excluding carboxylic acids is 2. The molecule has 0 aliphatic rings. The predicted octanol–water partition coefficient (Wildman–Crippen LogP) is 5.25. The maximum absolute atomic E-state index is 13.7. The summed E-state index contributed by atoms with van der Waals surface area (Å²) in [5.74, 6) is -0.866. The van der Waals surface area contributed by atoms with E-state index < -0.39 is 28.5 Å². The summed E-state index contributed by atoms with van der Waals surface area (Å²) in [6, 6.07) is 10.8. The lowest BCUT2D eigenvalue weighted by Crippen LogP contribution is -2.52. The molecule has 2 rings (SSSR count). The van der Waals surface area contributed by atoms with Crippen molar-refractivity contribution in [3.8, 4) is 0 Å². The highest BCUT2D eigenvalue weighted by Crippen LogP contribution is 2.28. The zero-order valence-electron chi connectivity index (χ0n) is 19.9. The maximum Gasteiger partial charge on any atom is 0.244 e. The smallest absolute Gasteiger partial charge is 0.244 e. The van der Waals surface area contributed by atoms with Gasteiger partial charge in [0.1, 0.15) is 12.6 Å². The lowest BCUT2D eigenvalue weighted by atomic mass is 10.1. The quantitative estimate of drug-likeness (QED) is 0.335. The van der Waals surface area contributed by atoms with Crippen molar-refractivity contribution in [2.24, 2.45) is 0 Å². The van der Waals surface area contributed by atoms with Crippen LogP contribution in [-0.2, 0) is 26.2 Å². The Balaban J connectivity index is 2.46. The lowest BCUT2D eigenvalue weighted by Gasteiger charge is -2.33. The molecule has 0 saturated heterocycles. The van der Waals surface area contributed by atoms with E-state index in [1.54, 1.807) is 49.4 Å². The molecule has 0 spiro atoms. The summed E-state index contributed by atoms with van der Waals surface area (Å²) in [6.07, 6.45) is 3.06. The van der Waals surface area contributed by atoms with E-state index in [-0.39, 0.29) is 12.5 Å². The van der Waals surface area contributed by atoms with Gasteiger partial charge in [0.25, 0.3) is 0 Å². The third kappa shape index (κ3) is 8.37. The van der Waals surface area contributed by atoms with Gasteiger partial charge < -0.3 is 10.2 Å². The number of hydrogen-bond acceptors (Lipinski definition) is 4. The second-order valence-electron chi connectivity index (χ2n) is 8.04. The van der Waals surface area contributed by atoms with Crippen LogP contribution in [0.1, 0.15) is 38.7 Å². The van der Waals surface area contributed by atoms with Crippen LogP contribution in [0.25, 0.3) is 0 Å². The van der Waals surface area contributed by atoms with Crippen LogP contribution >= 0.6 is 39.1 Å². The molecule has 192 valence electrons. The van der Waals surface area contributed by atoms with Gasteiger partial charge >= 0.3 is 0 Å². The SMILES string of the molecule is CCCCNC(=O)[C@H](CC)N(Cc1c(Cl)cccc1Cl)C(=O)CN(c1cccc(Br)c1)S(C)(=O)=O. The minimum Gasteiger partial charge on any atom is -0.354 e. The van der Waals surface area contributed by atoms with Crippen LogP contribution in [0, 0.1) is 0 Å². The number of anilines is 1. The van der Waals surface area contributed by atoms with Gasteiger partial charge in [-0.05, 0) is 43.2 Å². The third-order valence-electron chi connectivity index (χ3n) is 5.38. The number of nitrogens with zero attached hydrogens (tertiary/aromatic N) is 2. The average Bonchev–Trinajstić information content (AvgIpc) is 2.78. The molecule has 0 aromatic heterocycles. The normalized spacial score (nSPS) is 12.2. The van der Waals surface area contributed by atoms with E-state index in [0.29, 0.717) is 38.7 Å². The van der Waals surface area contributed by atoms with Gasteiger partial charge in [-0.3, -0.25) is 13.9 Å². The molecule has 11 heteroatoms. The summed E-state index contributed by atoms with van der Waals surface area (Å²) in [6.45, 7) is 3.75. The Labute approximate surface area is 225 Å². The monoisotopic (exact) mass is 605 g/mol. The molecule has 1 N–H and O–H groups in total. The van der Waals surface area contributed by atoms with Crippen molar-refractivity contribution in [1.82, 2.24) is 10.2 Å². The summed E-state index contributed by atoms with van der Waals surface area (Å²) in [7, 11) is -3.81. The number of amides is 2. The second kappa shape index (κ2) is 13.5. The number of sulfonamides is 1. The summed E-state index contributed by atoms with van der Waals surface area (Å²) in [4.78, 5) is 28.1. The zero-order chi connectivity index (χ0) is 26.2. The predicted molar refractivity (Wildman–Crippen MR) is 145 cm³/mol. The topological polar surface area (TPSA) is 86.8 Å². The Hall–Kier alpha value is -1.81. The number of hydrogen-bond donors (Lipinski definition) is 1. The first kappa shape index (κ1) is 29.4. The maximum atomic E-state index is 13.7. The van der Waals surface area contributed by atoms with Crippen LogP contribution in [0.5, 0.6) is 0 Å². The number of rotatable bonds is 12. The molecule has 0 aliphatic heterocycles. The minimum absolute atomic E-state index is 0.0485. The van der Waals surface area contributed by atoms with Gasteiger partial charge in [0.05, 0.1) is 11.9 Å². The van der Waals surface area contributed by atoms with E-state index in [4.69, 9.17) is 23.2 Å². The molecule has 0 unspecified atom stereocenters. The summed E-state index contributed by atoms with van der Waals surface area (Å²) in [5, 5.41) is 3.57. The van der Waals surface area contributed by atoms with Crippen LogP contribution < -0.4 is 9.62 Å². The molecule has 0 fully saturated rings. The molecule has 35 heavy (non-hydrogen) atoms. The number of halogens is 3. The standard InChI is InChI=1S/C24H30BrCl2N3O4S/c1-4-6-13-28-24(32)22(5-2)29(15-19-20(26)11-8-12-21(19)27)23(31)16-30(35(3,33)34)18-10-7-9-17(25)14-18/h7-12,14,22H,4-6,13,15-16H2,1-3H3,(H,28,32)/t22-/m0/s1. The Morgan fingerprint density at radius 1 is 1.09 bits per heavy atom. The van der Waals surface area contributed by atoms with Crippen molar-refractivity contribution in [2.75, 3.05) is 23.7 Å². The zero-order valence-corrected chi connectivity index (χ0v) is 23.8. The van der Waals surface area contributed by atoms with E-state index in [1.165, 1.54) is 4.90 Å². The first-order valence-corrected chi connectivity index (χ1v) is 14.6. The van der Waals surface area contributed by atoms with Crippen LogP contribution in [-0.4, -0.2) is 50.5 Å². The highest BCUT2D eigenvalue weighted by atomic mass is 79.9. The van der Waals surface area contributed by atoms with E-state index in [0.717, 1.165) is 23.4 Å². The molecular weight excluding hydrogens is 577 g/mol. The summed E-state index contributed by atoms with van der Waals surface area (Å²) < 4.78 is 26.9. The van der Waals surface area contributed by atoms with Crippen molar-refractivity contribution < 1.29 is 18.0 Å². The third-order valence-corrected chi connectivity index (χ3v) is 7.72. The van der Waals surface area contributed by atoms with Crippen LogP contribution in [0.4, 0.5) is 5.69 Å². The first-order chi connectivity index (χ1) is 16.5. The number of carbonyl (C=O) groups is 2. The van der Waals surface area contributed by atoms with Gasteiger partial charge in [-0.1, -0.05) is 71.5 Å². The molecule has 0 bridgehead atoms. The Morgan fingerprint density at radius 3 is 2.26 bits per heavy atom. The van der Waals surface area contributed by atoms with Crippen LogP contribution in [0.2, 0.25) is 10.0 Å². The van der Waals surface area contributed by atoms with Crippen molar-refractivity contribution >= 4 is 66.7 Å². The van der Waals surface area contributed by atoms with Crippen LogP contribution in [0.3, 0.4) is 0 Å². The largest absolute Gasteiger partial charge is 0.354 e. The fourth-order valence-electron chi connectivity index (χ4n) is 3.52. The van der Waals surface area contributed by atoms with Gasteiger partial charge in [0.15, 0.2) is 0 Å². The molecule has 2 aromatic rings. The molecular formula is C24H30BrCl2N3O4S. The summed E-state index contributed by atoms with van der Waals surface area (Å²) in [5.41, 5.74) is 0.809. The van der Waals surface area contributed by atoms with Crippen molar-refractivity contribution in [3.63, 3.8) is 0 Å². The number of nitrogens with one attached hydrogen (secondary N) is 1. The van der Waals surface area contributed by atoms with Crippen molar-refractivity contribution in [1.29, 1.82) is 0 Å². The van der Waals surface area contributed by atoms with Crippen LogP contribution in [0.15, 0.2) is 46.9 Å². The molecule has 7 nitrogen and oxygen atoms in total. The van der Waals surface area contributed by atoms with Gasteiger partial charge in [-0.15, -0.1) is 0 Å². The molecule has 0 aliphatic carbocycles. The van der Waals surface area contributed by atoms with Gasteiger partial charge in [-0.25, -0.2) is 8.42 Å². The van der Waals surface area contributed by atoms with E-state index >= 15 is 0 Å². The van der Waals surface area contributed by atoms with E-state index in [2.05, 4.69) is 21.2 Å². The van der Waals surface area contributed by atoms with Gasteiger partial charge in [-0.2, -0.15) is 0 Å². The molecule has 1 atom stereocenters. The fraction of sp³-hybridized carbons (Fsp3) is 0.417. The Kier molecular flexibility index (Phi) is 11.3.